The summed E-state index contributed by atoms with van der Waals surface area (Å²) in [5.41, 5.74) is 2.01. The first-order valence-electron chi connectivity index (χ1n) is 10.6. The molecule has 0 saturated heterocycles. The lowest BCUT2D eigenvalue weighted by Crippen LogP contribution is -2.49. The van der Waals surface area contributed by atoms with Crippen molar-refractivity contribution in [1.82, 2.24) is 10.3 Å². The van der Waals surface area contributed by atoms with Crippen LogP contribution in [-0.4, -0.2) is 43.0 Å². The number of aryl methyl sites for hydroxylation is 1. The van der Waals surface area contributed by atoms with Crippen molar-refractivity contribution in [2.75, 3.05) is 19.0 Å². The Morgan fingerprint density at radius 2 is 2.04 bits per heavy atom. The Morgan fingerprint density at radius 1 is 1.30 bits per heavy atom. The van der Waals surface area contributed by atoms with Crippen LogP contribution in [0.1, 0.15) is 64.9 Å². The van der Waals surface area contributed by atoms with Crippen LogP contribution in [0.25, 0.3) is 0 Å². The van der Waals surface area contributed by atoms with Gasteiger partial charge in [0.2, 0.25) is 0 Å². The molecule has 0 bridgehead atoms. The van der Waals surface area contributed by atoms with E-state index >= 15 is 0 Å². The molecule has 1 saturated carbocycles. The number of aliphatic imine (C=N–C) groups is 1. The van der Waals surface area contributed by atoms with Gasteiger partial charge in [-0.3, -0.25) is 4.99 Å². The molecule has 5 heteroatoms. The van der Waals surface area contributed by atoms with Gasteiger partial charge in [-0.05, 0) is 43.7 Å². The fourth-order valence-electron chi connectivity index (χ4n) is 3.66. The topological polar surface area (TPSA) is 58.5 Å². The van der Waals surface area contributed by atoms with Gasteiger partial charge in [-0.1, -0.05) is 40.0 Å². The molecule has 1 aliphatic carbocycles. The molecule has 0 radical (unpaired) electrons. The number of hydrogen-bond acceptors (Lipinski definition) is 5. The highest BCUT2D eigenvalue weighted by Gasteiger charge is 2.24. The minimum Gasteiger partial charge on any atom is -0.378 e. The van der Waals surface area contributed by atoms with Crippen LogP contribution in [0, 0.1) is 12.8 Å². The minimum atomic E-state index is 0.0990. The van der Waals surface area contributed by atoms with Crippen LogP contribution in [0.4, 0.5) is 11.5 Å². The van der Waals surface area contributed by atoms with Crippen LogP contribution in [-0.2, 0) is 4.74 Å². The van der Waals surface area contributed by atoms with Crippen LogP contribution in [0.3, 0.4) is 0 Å². The highest BCUT2D eigenvalue weighted by molar-refractivity contribution is 5.71. The van der Waals surface area contributed by atoms with Crippen LogP contribution < -0.4 is 10.6 Å². The molecule has 152 valence electrons. The summed E-state index contributed by atoms with van der Waals surface area (Å²) in [5, 5.41) is 7.32. The van der Waals surface area contributed by atoms with Crippen LogP contribution in [0.2, 0.25) is 0 Å². The summed E-state index contributed by atoms with van der Waals surface area (Å²) >= 11 is 0. The SMILES string of the molecule is CCC(NC1CCCCC1)C(CNc1ncc(C)cc1N=CC(C)C)OC. The van der Waals surface area contributed by atoms with Gasteiger partial charge in [0, 0.05) is 38.1 Å². The third-order valence-corrected chi connectivity index (χ3v) is 5.23. The monoisotopic (exact) mass is 374 g/mol. The molecule has 1 fully saturated rings. The molecular formula is C22H38N4O. The highest BCUT2D eigenvalue weighted by atomic mass is 16.5. The van der Waals surface area contributed by atoms with E-state index in [1.54, 1.807) is 7.11 Å². The lowest BCUT2D eigenvalue weighted by Gasteiger charge is -2.32. The van der Waals surface area contributed by atoms with Gasteiger partial charge in [0.05, 0.1) is 6.10 Å². The number of pyridine rings is 1. The van der Waals surface area contributed by atoms with Crippen molar-refractivity contribution in [3.05, 3.63) is 17.8 Å². The summed E-state index contributed by atoms with van der Waals surface area (Å²) in [7, 11) is 1.80. The molecule has 1 heterocycles. The van der Waals surface area contributed by atoms with Crippen LogP contribution in [0.5, 0.6) is 0 Å². The number of aromatic nitrogens is 1. The number of nitrogens with one attached hydrogen (secondary N) is 2. The van der Waals surface area contributed by atoms with E-state index in [0.717, 1.165) is 30.0 Å². The lowest BCUT2D eigenvalue weighted by molar-refractivity contribution is 0.0699. The second-order valence-corrected chi connectivity index (χ2v) is 8.07. The molecular weight excluding hydrogens is 336 g/mol. The van der Waals surface area contributed by atoms with E-state index in [-0.39, 0.29) is 6.10 Å². The van der Waals surface area contributed by atoms with E-state index in [4.69, 9.17) is 4.74 Å². The van der Waals surface area contributed by atoms with Crippen LogP contribution in [0.15, 0.2) is 17.3 Å². The molecule has 0 aliphatic heterocycles. The predicted octanol–water partition coefficient (Wildman–Crippen LogP) is 4.88. The van der Waals surface area contributed by atoms with Gasteiger partial charge in [-0.15, -0.1) is 0 Å². The van der Waals surface area contributed by atoms with E-state index in [1.165, 1.54) is 32.1 Å². The third kappa shape index (κ3) is 7.23. The Hall–Kier alpha value is -1.46. The molecule has 1 aliphatic rings. The third-order valence-electron chi connectivity index (χ3n) is 5.23. The molecule has 2 N–H and O–H groups in total. The Morgan fingerprint density at radius 3 is 2.67 bits per heavy atom. The Kier molecular flexibility index (Phi) is 9.22. The molecule has 5 nitrogen and oxygen atoms in total. The number of ether oxygens (including phenoxy) is 1. The van der Waals surface area contributed by atoms with Gasteiger partial charge in [0.1, 0.15) is 5.69 Å². The first-order valence-corrected chi connectivity index (χ1v) is 10.6. The fraction of sp³-hybridized carbons (Fsp3) is 0.727. The Labute approximate surface area is 165 Å². The van der Waals surface area contributed by atoms with Gasteiger partial charge >= 0.3 is 0 Å². The maximum Gasteiger partial charge on any atom is 0.151 e. The number of nitrogens with zero attached hydrogens (tertiary/aromatic N) is 2. The van der Waals surface area contributed by atoms with Crippen molar-refractivity contribution in [2.45, 2.75) is 84.4 Å². The standard InChI is InChI=1S/C22H38N4O/c1-6-19(26-18-10-8-7-9-11-18)21(27-5)15-25-22-20(23-13-16(2)3)12-17(4)14-24-22/h12-14,16,18-19,21,26H,6-11,15H2,1-5H3,(H,24,25). The number of methoxy groups -OCH3 is 1. The molecule has 1 aromatic heterocycles. The summed E-state index contributed by atoms with van der Waals surface area (Å²) in [6.45, 7) is 9.25. The summed E-state index contributed by atoms with van der Waals surface area (Å²) in [5.74, 6) is 1.24. The average Bonchev–Trinajstić information content (AvgIpc) is 2.67. The molecule has 2 atom stereocenters. The summed E-state index contributed by atoms with van der Waals surface area (Å²) in [4.78, 5) is 9.18. The molecule has 27 heavy (non-hydrogen) atoms. The van der Waals surface area contributed by atoms with Crippen molar-refractivity contribution >= 4 is 17.7 Å². The smallest absolute Gasteiger partial charge is 0.151 e. The van der Waals surface area contributed by atoms with Crippen molar-refractivity contribution in [3.8, 4) is 0 Å². The zero-order valence-corrected chi connectivity index (χ0v) is 17.8. The number of anilines is 1. The van der Waals surface area contributed by atoms with Gasteiger partial charge in [0.15, 0.2) is 5.82 Å². The molecule has 2 rings (SSSR count). The quantitative estimate of drug-likeness (QED) is 0.573. The maximum absolute atomic E-state index is 5.84. The van der Waals surface area contributed by atoms with E-state index in [2.05, 4.69) is 47.4 Å². The van der Waals surface area contributed by atoms with E-state index in [0.29, 0.717) is 18.0 Å². The van der Waals surface area contributed by atoms with E-state index in [1.807, 2.05) is 19.3 Å². The molecule has 2 unspecified atom stereocenters. The molecule has 0 amide bonds. The zero-order chi connectivity index (χ0) is 19.6. The minimum absolute atomic E-state index is 0.0990. The van der Waals surface area contributed by atoms with Gasteiger partial charge in [0.25, 0.3) is 0 Å². The average molecular weight is 375 g/mol. The van der Waals surface area contributed by atoms with Crippen molar-refractivity contribution in [2.24, 2.45) is 10.9 Å². The number of hydrogen-bond donors (Lipinski definition) is 2. The van der Waals surface area contributed by atoms with E-state index in [9.17, 15) is 0 Å². The lowest BCUT2D eigenvalue weighted by atomic mass is 9.94. The summed E-state index contributed by atoms with van der Waals surface area (Å²) in [6.07, 6.45) is 11.6. The zero-order valence-electron chi connectivity index (χ0n) is 17.8. The van der Waals surface area contributed by atoms with Crippen molar-refractivity contribution in [3.63, 3.8) is 0 Å². The van der Waals surface area contributed by atoms with Gasteiger partial charge < -0.3 is 15.4 Å². The van der Waals surface area contributed by atoms with Crippen molar-refractivity contribution in [1.29, 1.82) is 0 Å². The second kappa shape index (κ2) is 11.4. The summed E-state index contributed by atoms with van der Waals surface area (Å²) < 4.78 is 5.84. The van der Waals surface area contributed by atoms with Gasteiger partial charge in [-0.2, -0.15) is 0 Å². The molecule has 0 spiro atoms. The van der Waals surface area contributed by atoms with E-state index < -0.39 is 0 Å². The Balaban J connectivity index is 2.01. The Bertz CT molecular complexity index is 582. The first kappa shape index (κ1) is 21.8. The first-order chi connectivity index (χ1) is 13.0. The largest absolute Gasteiger partial charge is 0.378 e. The maximum atomic E-state index is 5.84. The fourth-order valence-corrected chi connectivity index (χ4v) is 3.66. The van der Waals surface area contributed by atoms with Crippen molar-refractivity contribution < 1.29 is 4.74 Å². The highest BCUT2D eigenvalue weighted by Crippen LogP contribution is 2.24. The molecule has 1 aromatic rings. The number of rotatable bonds is 10. The predicted molar refractivity (Wildman–Crippen MR) is 115 cm³/mol. The molecule has 0 aromatic carbocycles. The van der Waals surface area contributed by atoms with Crippen LogP contribution >= 0.6 is 0 Å². The summed E-state index contributed by atoms with van der Waals surface area (Å²) in [6, 6.07) is 3.05. The normalized spacial score (nSPS) is 18.1. The second-order valence-electron chi connectivity index (χ2n) is 8.07. The van der Waals surface area contributed by atoms with Gasteiger partial charge in [-0.25, -0.2) is 4.98 Å².